The first kappa shape index (κ1) is 23.6. The van der Waals surface area contributed by atoms with Gasteiger partial charge in [-0.15, -0.1) is 24.8 Å². The summed E-state index contributed by atoms with van der Waals surface area (Å²) in [6.45, 7) is 5.52. The Kier molecular flexibility index (Phi) is 8.87. The van der Waals surface area contributed by atoms with Crippen LogP contribution in [0.2, 0.25) is 0 Å². The van der Waals surface area contributed by atoms with Gasteiger partial charge in [-0.3, -0.25) is 4.90 Å². The van der Waals surface area contributed by atoms with Crippen LogP contribution in [-0.4, -0.2) is 49.3 Å². The third kappa shape index (κ3) is 5.91. The fraction of sp³-hybridized carbons (Fsp3) is 0.455. The van der Waals surface area contributed by atoms with Crippen molar-refractivity contribution in [2.45, 2.75) is 25.7 Å². The number of hydrogen-bond donors (Lipinski definition) is 1. The summed E-state index contributed by atoms with van der Waals surface area (Å²) in [5.41, 5.74) is 3.67. The Balaban J connectivity index is 0.00000150. The molecule has 1 aliphatic heterocycles. The van der Waals surface area contributed by atoms with Crippen LogP contribution in [0.25, 0.3) is 0 Å². The molecule has 0 bridgehead atoms. The van der Waals surface area contributed by atoms with E-state index in [1.807, 2.05) is 24.3 Å². The molecule has 4 nitrogen and oxygen atoms in total. The molecule has 1 heterocycles. The van der Waals surface area contributed by atoms with E-state index in [1.54, 1.807) is 0 Å². The lowest BCUT2D eigenvalue weighted by molar-refractivity contribution is 0.221. The SMILES string of the molecule is Cl.Cl.Oc1cc2c(cc1OCCCN1CCN(c3ccc(F)cc3)CC1)CCC2. The van der Waals surface area contributed by atoms with E-state index in [4.69, 9.17) is 4.74 Å². The molecule has 1 fully saturated rings. The molecule has 1 saturated heterocycles. The van der Waals surface area contributed by atoms with Crippen molar-refractivity contribution < 1.29 is 14.2 Å². The fourth-order valence-electron chi connectivity index (χ4n) is 4.06. The van der Waals surface area contributed by atoms with Crippen molar-refractivity contribution in [2.75, 3.05) is 44.2 Å². The number of fused-ring (bicyclic) bond motifs is 1. The second kappa shape index (κ2) is 10.9. The maximum absolute atomic E-state index is 13.0. The van der Waals surface area contributed by atoms with E-state index in [9.17, 15) is 9.50 Å². The number of aryl methyl sites for hydroxylation is 2. The number of piperazine rings is 1. The normalized spacial score (nSPS) is 16.0. The van der Waals surface area contributed by atoms with E-state index in [-0.39, 0.29) is 36.4 Å². The number of nitrogens with zero attached hydrogens (tertiary/aromatic N) is 2. The van der Waals surface area contributed by atoms with Crippen LogP contribution in [0, 0.1) is 5.82 Å². The molecule has 2 aromatic carbocycles. The summed E-state index contributed by atoms with van der Waals surface area (Å²) in [4.78, 5) is 4.74. The summed E-state index contributed by atoms with van der Waals surface area (Å²) in [6.07, 6.45) is 4.26. The first-order valence-electron chi connectivity index (χ1n) is 9.89. The van der Waals surface area contributed by atoms with Crippen molar-refractivity contribution in [1.82, 2.24) is 4.90 Å². The van der Waals surface area contributed by atoms with Crippen molar-refractivity contribution in [1.29, 1.82) is 0 Å². The second-order valence-corrected chi connectivity index (χ2v) is 7.45. The molecule has 0 atom stereocenters. The van der Waals surface area contributed by atoms with Crippen LogP contribution < -0.4 is 9.64 Å². The van der Waals surface area contributed by atoms with Crippen molar-refractivity contribution in [3.63, 3.8) is 0 Å². The highest BCUT2D eigenvalue weighted by molar-refractivity contribution is 5.85. The van der Waals surface area contributed by atoms with Crippen molar-refractivity contribution >= 4 is 30.5 Å². The number of rotatable bonds is 6. The van der Waals surface area contributed by atoms with Crippen LogP contribution in [0.15, 0.2) is 36.4 Å². The minimum atomic E-state index is -0.188. The smallest absolute Gasteiger partial charge is 0.161 e. The molecular weight excluding hydrogens is 414 g/mol. The number of ether oxygens (including phenoxy) is 1. The molecule has 0 aromatic heterocycles. The third-order valence-corrected chi connectivity index (χ3v) is 5.61. The van der Waals surface area contributed by atoms with Gasteiger partial charge in [0.2, 0.25) is 0 Å². The second-order valence-electron chi connectivity index (χ2n) is 7.45. The molecule has 29 heavy (non-hydrogen) atoms. The zero-order valence-electron chi connectivity index (χ0n) is 16.5. The molecule has 1 N–H and O–H groups in total. The van der Waals surface area contributed by atoms with Gasteiger partial charge in [0.15, 0.2) is 11.5 Å². The third-order valence-electron chi connectivity index (χ3n) is 5.61. The predicted molar refractivity (Wildman–Crippen MR) is 120 cm³/mol. The van der Waals surface area contributed by atoms with Gasteiger partial charge in [-0.1, -0.05) is 0 Å². The van der Waals surface area contributed by atoms with Crippen molar-refractivity contribution in [2.24, 2.45) is 0 Å². The first-order chi connectivity index (χ1) is 13.2. The Morgan fingerprint density at radius 3 is 2.28 bits per heavy atom. The Bertz CT molecular complexity index is 781. The zero-order valence-corrected chi connectivity index (χ0v) is 18.1. The maximum atomic E-state index is 13.0. The van der Waals surface area contributed by atoms with Gasteiger partial charge in [-0.25, -0.2) is 4.39 Å². The van der Waals surface area contributed by atoms with Gasteiger partial charge in [0.25, 0.3) is 0 Å². The van der Waals surface area contributed by atoms with E-state index in [1.165, 1.54) is 29.7 Å². The van der Waals surface area contributed by atoms with Crippen LogP contribution >= 0.6 is 24.8 Å². The number of halogens is 3. The van der Waals surface area contributed by atoms with Crippen LogP contribution in [0.3, 0.4) is 0 Å². The minimum Gasteiger partial charge on any atom is -0.504 e. The Morgan fingerprint density at radius 2 is 1.59 bits per heavy atom. The monoisotopic (exact) mass is 442 g/mol. The molecule has 0 saturated carbocycles. The van der Waals surface area contributed by atoms with Gasteiger partial charge < -0.3 is 14.7 Å². The van der Waals surface area contributed by atoms with Crippen LogP contribution in [0.1, 0.15) is 24.0 Å². The minimum absolute atomic E-state index is 0. The molecule has 160 valence electrons. The highest BCUT2D eigenvalue weighted by atomic mass is 35.5. The molecule has 0 spiro atoms. The van der Waals surface area contributed by atoms with Gasteiger partial charge in [-0.05, 0) is 73.2 Å². The van der Waals surface area contributed by atoms with Gasteiger partial charge in [0.1, 0.15) is 5.82 Å². The summed E-state index contributed by atoms with van der Waals surface area (Å²) in [5.74, 6) is 0.701. The molecule has 0 amide bonds. The quantitative estimate of drug-likeness (QED) is 0.670. The van der Waals surface area contributed by atoms with Crippen molar-refractivity contribution in [3.05, 3.63) is 53.3 Å². The molecule has 2 aromatic rings. The van der Waals surface area contributed by atoms with Gasteiger partial charge in [-0.2, -0.15) is 0 Å². The fourth-order valence-corrected chi connectivity index (χ4v) is 4.06. The van der Waals surface area contributed by atoms with E-state index in [0.29, 0.717) is 12.4 Å². The van der Waals surface area contributed by atoms with Crippen LogP contribution in [-0.2, 0) is 12.8 Å². The zero-order chi connectivity index (χ0) is 18.6. The highest BCUT2D eigenvalue weighted by Gasteiger charge is 2.18. The largest absolute Gasteiger partial charge is 0.504 e. The summed E-state index contributed by atoms with van der Waals surface area (Å²) in [5, 5.41) is 10.1. The molecular formula is C22H29Cl2FN2O2. The predicted octanol–water partition coefficient (Wildman–Crippen LogP) is 4.45. The summed E-state index contributed by atoms with van der Waals surface area (Å²) in [6, 6.07) is 10.6. The lowest BCUT2D eigenvalue weighted by Gasteiger charge is -2.36. The summed E-state index contributed by atoms with van der Waals surface area (Å²) in [7, 11) is 0. The average Bonchev–Trinajstić information content (AvgIpc) is 3.13. The summed E-state index contributed by atoms with van der Waals surface area (Å²) < 4.78 is 18.9. The molecule has 4 rings (SSSR count). The number of phenolic OH excluding ortho intramolecular Hbond substituents is 1. The molecule has 1 aliphatic carbocycles. The molecule has 0 radical (unpaired) electrons. The van der Waals surface area contributed by atoms with E-state index < -0.39 is 0 Å². The Hall–Kier alpha value is -1.69. The number of aromatic hydroxyl groups is 1. The lowest BCUT2D eigenvalue weighted by atomic mass is 10.1. The molecule has 0 unspecified atom stereocenters. The summed E-state index contributed by atoms with van der Waals surface area (Å²) >= 11 is 0. The number of phenols is 1. The standard InChI is InChI=1S/C22H27FN2O2.2ClH/c23-19-5-7-20(8-6-19)25-12-10-24(11-13-25)9-2-14-27-22-16-18-4-1-3-17(18)15-21(22)26;;/h5-8,15-16,26H,1-4,9-14H2;2*1H. The van der Waals surface area contributed by atoms with Crippen LogP contribution in [0.5, 0.6) is 11.5 Å². The van der Waals surface area contributed by atoms with Gasteiger partial charge >= 0.3 is 0 Å². The van der Waals surface area contributed by atoms with Crippen molar-refractivity contribution in [3.8, 4) is 11.5 Å². The number of hydrogen-bond acceptors (Lipinski definition) is 4. The lowest BCUT2D eigenvalue weighted by Crippen LogP contribution is -2.46. The number of anilines is 1. The first-order valence-corrected chi connectivity index (χ1v) is 9.89. The topological polar surface area (TPSA) is 35.9 Å². The highest BCUT2D eigenvalue weighted by Crippen LogP contribution is 2.34. The average molecular weight is 443 g/mol. The Morgan fingerprint density at radius 1 is 0.931 bits per heavy atom. The number of benzene rings is 2. The van der Waals surface area contributed by atoms with Gasteiger partial charge in [0, 0.05) is 38.4 Å². The molecule has 2 aliphatic rings. The van der Waals surface area contributed by atoms with E-state index in [2.05, 4.69) is 9.80 Å². The van der Waals surface area contributed by atoms with Crippen LogP contribution in [0.4, 0.5) is 10.1 Å². The Labute approximate surface area is 184 Å². The van der Waals surface area contributed by atoms with E-state index >= 15 is 0 Å². The maximum Gasteiger partial charge on any atom is 0.161 e. The molecule has 7 heteroatoms. The van der Waals surface area contributed by atoms with Gasteiger partial charge in [0.05, 0.1) is 6.61 Å². The van der Waals surface area contributed by atoms with E-state index in [0.717, 1.165) is 57.7 Å².